The Hall–Kier alpha value is -2.54. The fourth-order valence-electron chi connectivity index (χ4n) is 2.27. The number of ether oxygens (including phenoxy) is 1. The van der Waals surface area contributed by atoms with Gasteiger partial charge in [0.05, 0.1) is 7.11 Å². The second kappa shape index (κ2) is 6.27. The minimum absolute atomic E-state index is 0.146. The molecule has 0 spiro atoms. The van der Waals surface area contributed by atoms with Gasteiger partial charge in [-0.2, -0.15) is 5.26 Å². The van der Waals surface area contributed by atoms with E-state index in [2.05, 4.69) is 18.8 Å². The van der Waals surface area contributed by atoms with Crippen LogP contribution in [0.3, 0.4) is 0 Å². The fourth-order valence-corrected chi connectivity index (χ4v) is 2.27. The predicted octanol–water partition coefficient (Wildman–Crippen LogP) is 3.12. The summed E-state index contributed by atoms with van der Waals surface area (Å²) in [4.78, 5) is 14.9. The van der Waals surface area contributed by atoms with Crippen LogP contribution in [-0.4, -0.2) is 12.1 Å². The van der Waals surface area contributed by atoms with E-state index in [0.29, 0.717) is 11.5 Å². The topological polar surface area (TPSA) is 65.9 Å². The van der Waals surface area contributed by atoms with Crippen LogP contribution in [0.5, 0.6) is 5.75 Å². The summed E-state index contributed by atoms with van der Waals surface area (Å²) in [6.45, 7) is 4.17. The van der Waals surface area contributed by atoms with E-state index in [1.54, 1.807) is 7.11 Å². The van der Waals surface area contributed by atoms with E-state index < -0.39 is 0 Å². The standard InChI is InChI=1S/C17H18N2O2/c1-11(2)8-13-9-15(16(10-18)17(20)19-13)12-4-6-14(21-3)7-5-12/h4-7,9,11H,8H2,1-3H3,(H,19,20). The summed E-state index contributed by atoms with van der Waals surface area (Å²) in [5.41, 5.74) is 2.16. The molecule has 0 aliphatic carbocycles. The van der Waals surface area contributed by atoms with Crippen molar-refractivity contribution < 1.29 is 4.74 Å². The van der Waals surface area contributed by atoms with Gasteiger partial charge in [0, 0.05) is 11.3 Å². The van der Waals surface area contributed by atoms with Crippen molar-refractivity contribution in [2.45, 2.75) is 20.3 Å². The monoisotopic (exact) mass is 282 g/mol. The van der Waals surface area contributed by atoms with Crippen LogP contribution < -0.4 is 10.3 Å². The van der Waals surface area contributed by atoms with Gasteiger partial charge < -0.3 is 9.72 Å². The number of nitriles is 1. The molecule has 2 aromatic rings. The third-order valence-electron chi connectivity index (χ3n) is 3.23. The zero-order valence-corrected chi connectivity index (χ0v) is 12.4. The predicted molar refractivity (Wildman–Crippen MR) is 82.3 cm³/mol. The molecule has 4 heteroatoms. The van der Waals surface area contributed by atoms with E-state index in [1.165, 1.54) is 0 Å². The van der Waals surface area contributed by atoms with Crippen molar-refractivity contribution in [3.05, 3.63) is 51.9 Å². The highest BCUT2D eigenvalue weighted by Crippen LogP contribution is 2.25. The lowest BCUT2D eigenvalue weighted by molar-refractivity contribution is 0.415. The molecule has 0 saturated carbocycles. The average Bonchev–Trinajstić information content (AvgIpc) is 2.46. The van der Waals surface area contributed by atoms with Crippen molar-refractivity contribution in [1.29, 1.82) is 5.26 Å². The second-order valence-electron chi connectivity index (χ2n) is 5.35. The van der Waals surface area contributed by atoms with E-state index >= 15 is 0 Å². The molecule has 0 aliphatic heterocycles. The van der Waals surface area contributed by atoms with Crippen molar-refractivity contribution in [3.8, 4) is 22.9 Å². The molecule has 0 saturated heterocycles. The summed E-state index contributed by atoms with van der Waals surface area (Å²) in [7, 11) is 1.60. The van der Waals surface area contributed by atoms with Gasteiger partial charge in [-0.15, -0.1) is 0 Å². The molecule has 2 rings (SSSR count). The second-order valence-corrected chi connectivity index (χ2v) is 5.35. The summed E-state index contributed by atoms with van der Waals surface area (Å²) in [5, 5.41) is 9.24. The molecular weight excluding hydrogens is 264 g/mol. The van der Waals surface area contributed by atoms with Gasteiger partial charge in [-0.05, 0) is 36.1 Å². The Bertz CT molecular complexity index is 722. The number of hydrogen-bond acceptors (Lipinski definition) is 3. The Balaban J connectivity index is 2.56. The van der Waals surface area contributed by atoms with Crippen LogP contribution in [-0.2, 0) is 6.42 Å². The molecule has 1 aromatic heterocycles. The molecule has 0 aliphatic rings. The quantitative estimate of drug-likeness (QED) is 0.937. The van der Waals surface area contributed by atoms with Crippen molar-refractivity contribution in [1.82, 2.24) is 4.98 Å². The zero-order chi connectivity index (χ0) is 15.4. The van der Waals surface area contributed by atoms with Gasteiger partial charge in [-0.1, -0.05) is 26.0 Å². The maximum absolute atomic E-state index is 12.1. The number of aromatic nitrogens is 1. The summed E-state index contributed by atoms with van der Waals surface area (Å²) in [5.74, 6) is 1.17. The smallest absolute Gasteiger partial charge is 0.266 e. The molecule has 0 fully saturated rings. The van der Waals surface area contributed by atoms with Gasteiger partial charge in [-0.3, -0.25) is 4.79 Å². The Morgan fingerprint density at radius 1 is 1.29 bits per heavy atom. The van der Waals surface area contributed by atoms with Gasteiger partial charge in [0.25, 0.3) is 5.56 Å². The molecule has 0 unspecified atom stereocenters. The highest BCUT2D eigenvalue weighted by atomic mass is 16.5. The average molecular weight is 282 g/mol. The molecule has 108 valence electrons. The number of nitrogens with zero attached hydrogens (tertiary/aromatic N) is 1. The summed E-state index contributed by atoms with van der Waals surface area (Å²) >= 11 is 0. The van der Waals surface area contributed by atoms with Crippen LogP contribution in [0.15, 0.2) is 35.1 Å². The number of benzene rings is 1. The van der Waals surface area contributed by atoms with Crippen LogP contribution in [0.25, 0.3) is 11.1 Å². The molecule has 0 atom stereocenters. The third-order valence-corrected chi connectivity index (χ3v) is 3.23. The van der Waals surface area contributed by atoms with E-state index in [1.807, 2.05) is 36.4 Å². The number of aromatic amines is 1. The molecule has 4 nitrogen and oxygen atoms in total. The number of methoxy groups -OCH3 is 1. The molecule has 0 bridgehead atoms. The van der Waals surface area contributed by atoms with E-state index in [9.17, 15) is 10.1 Å². The number of nitrogens with one attached hydrogen (secondary N) is 1. The number of H-pyrrole nitrogens is 1. The number of pyridine rings is 1. The first-order chi connectivity index (χ1) is 10.0. The number of hydrogen-bond donors (Lipinski definition) is 1. The van der Waals surface area contributed by atoms with Crippen molar-refractivity contribution in [3.63, 3.8) is 0 Å². The molecule has 21 heavy (non-hydrogen) atoms. The lowest BCUT2D eigenvalue weighted by atomic mass is 9.98. The Kier molecular flexibility index (Phi) is 4.44. The van der Waals surface area contributed by atoms with Crippen LogP contribution in [0.1, 0.15) is 25.1 Å². The first-order valence-corrected chi connectivity index (χ1v) is 6.86. The van der Waals surface area contributed by atoms with E-state index in [0.717, 1.165) is 23.4 Å². The molecule has 1 N–H and O–H groups in total. The molecule has 1 aromatic carbocycles. The first kappa shape index (κ1) is 14.9. The maximum Gasteiger partial charge on any atom is 0.266 e. The lowest BCUT2D eigenvalue weighted by Gasteiger charge is -2.10. The maximum atomic E-state index is 12.1. The summed E-state index contributed by atoms with van der Waals surface area (Å²) < 4.78 is 5.13. The van der Waals surface area contributed by atoms with Crippen LogP contribution in [0.2, 0.25) is 0 Å². The molecule has 0 radical (unpaired) electrons. The van der Waals surface area contributed by atoms with Crippen LogP contribution in [0.4, 0.5) is 0 Å². The van der Waals surface area contributed by atoms with E-state index in [-0.39, 0.29) is 11.1 Å². The molecular formula is C17H18N2O2. The normalized spacial score (nSPS) is 10.4. The first-order valence-electron chi connectivity index (χ1n) is 6.86. The summed E-state index contributed by atoms with van der Waals surface area (Å²) in [6.07, 6.45) is 0.768. The zero-order valence-electron chi connectivity index (χ0n) is 12.4. The minimum atomic E-state index is -0.332. The van der Waals surface area contributed by atoms with E-state index in [4.69, 9.17) is 4.74 Å². The van der Waals surface area contributed by atoms with Crippen molar-refractivity contribution in [2.24, 2.45) is 5.92 Å². The van der Waals surface area contributed by atoms with Gasteiger partial charge in [0.1, 0.15) is 17.4 Å². The highest BCUT2D eigenvalue weighted by molar-refractivity contribution is 5.70. The Morgan fingerprint density at radius 3 is 2.48 bits per heavy atom. The molecule has 1 heterocycles. The Labute approximate surface area is 124 Å². The van der Waals surface area contributed by atoms with Crippen molar-refractivity contribution in [2.75, 3.05) is 7.11 Å². The van der Waals surface area contributed by atoms with Gasteiger partial charge >= 0.3 is 0 Å². The highest BCUT2D eigenvalue weighted by Gasteiger charge is 2.12. The molecule has 0 amide bonds. The number of rotatable bonds is 4. The Morgan fingerprint density at radius 2 is 1.95 bits per heavy atom. The van der Waals surface area contributed by atoms with Gasteiger partial charge in [0.15, 0.2) is 0 Å². The fraction of sp³-hybridized carbons (Fsp3) is 0.294. The SMILES string of the molecule is COc1ccc(-c2cc(CC(C)C)[nH]c(=O)c2C#N)cc1. The van der Waals surface area contributed by atoms with Crippen molar-refractivity contribution >= 4 is 0 Å². The third kappa shape index (κ3) is 3.32. The van der Waals surface area contributed by atoms with Crippen LogP contribution in [0, 0.1) is 17.2 Å². The minimum Gasteiger partial charge on any atom is -0.497 e. The van der Waals surface area contributed by atoms with Gasteiger partial charge in [-0.25, -0.2) is 0 Å². The lowest BCUT2D eigenvalue weighted by Crippen LogP contribution is -2.15. The largest absolute Gasteiger partial charge is 0.497 e. The van der Waals surface area contributed by atoms with Crippen LogP contribution >= 0.6 is 0 Å². The van der Waals surface area contributed by atoms with Gasteiger partial charge in [0.2, 0.25) is 0 Å². The summed E-state index contributed by atoms with van der Waals surface area (Å²) in [6, 6.07) is 11.2.